The fraction of sp³-hybridized carbons (Fsp3) is 0.625. The van der Waals surface area contributed by atoms with E-state index in [0.29, 0.717) is 0 Å². The third-order valence-corrected chi connectivity index (χ3v) is 19.2. The van der Waals surface area contributed by atoms with Gasteiger partial charge in [-0.25, -0.2) is 0 Å². The van der Waals surface area contributed by atoms with Crippen molar-refractivity contribution < 1.29 is 0 Å². The Morgan fingerprint density at radius 3 is 1.37 bits per heavy atom. The molecule has 4 aliphatic carbocycles. The zero-order chi connectivity index (χ0) is 24.5. The minimum atomic E-state index is -1.68. The van der Waals surface area contributed by atoms with Crippen LogP contribution in [0, 0.1) is 11.8 Å². The topological polar surface area (TPSA) is 0 Å². The SMILES string of the molecule is CC[Si](CC)(C1c2cc(Br)c3c(c2CC1C)CCCC3)C1c2cc(Br)c3c(c2CC1C)CCCC3. The van der Waals surface area contributed by atoms with Gasteiger partial charge in [0.15, 0.2) is 0 Å². The summed E-state index contributed by atoms with van der Waals surface area (Å²) in [5.41, 5.74) is 15.5. The maximum atomic E-state index is 4.07. The standard InChI is InChI=1S/C32H42Br2Si/c1-5-35(6-2,31-19(3)15-25-21-11-7-9-13-23(21)29(33)17-27(25)31)32-20(4)16-26-22-12-8-10-14-24(22)30(34)18-28(26)32/h17-20,31-32H,5-16H2,1-4H3. The molecule has 0 aromatic heterocycles. The number of hydrogen-bond donors (Lipinski definition) is 0. The summed E-state index contributed by atoms with van der Waals surface area (Å²) in [4.78, 5) is 0. The van der Waals surface area contributed by atoms with Gasteiger partial charge in [-0.15, -0.1) is 0 Å². The molecule has 188 valence electrons. The van der Waals surface area contributed by atoms with Crippen molar-refractivity contribution in [2.45, 2.75) is 115 Å². The summed E-state index contributed by atoms with van der Waals surface area (Å²) >= 11 is 8.15. The minimum Gasteiger partial charge on any atom is -0.0677 e. The van der Waals surface area contributed by atoms with E-state index in [1.165, 1.54) is 85.2 Å². The Labute approximate surface area is 231 Å². The molecule has 0 amide bonds. The van der Waals surface area contributed by atoms with Gasteiger partial charge in [0.05, 0.1) is 8.07 Å². The quantitative estimate of drug-likeness (QED) is 0.301. The molecule has 4 atom stereocenters. The largest absolute Gasteiger partial charge is 0.0689 e. The number of halogens is 2. The van der Waals surface area contributed by atoms with Gasteiger partial charge in [-0.05, 0) is 144 Å². The summed E-state index contributed by atoms with van der Waals surface area (Å²) in [5.74, 6) is 1.57. The number of fused-ring (bicyclic) bond motifs is 6. The second kappa shape index (κ2) is 9.42. The zero-order valence-corrected chi connectivity index (χ0v) is 26.4. The van der Waals surface area contributed by atoms with Crippen LogP contribution in [0.3, 0.4) is 0 Å². The van der Waals surface area contributed by atoms with Crippen LogP contribution in [0.1, 0.15) is 109 Å². The first kappa shape index (κ1) is 24.9. The van der Waals surface area contributed by atoms with Crippen molar-refractivity contribution in [3.05, 3.63) is 65.6 Å². The van der Waals surface area contributed by atoms with Crippen molar-refractivity contribution in [3.63, 3.8) is 0 Å². The Hall–Kier alpha value is -0.383. The maximum absolute atomic E-state index is 4.07. The smallest absolute Gasteiger partial charge is 0.0677 e. The summed E-state index contributed by atoms with van der Waals surface area (Å²) in [6, 6.07) is 8.08. The highest BCUT2D eigenvalue weighted by Gasteiger charge is 2.55. The van der Waals surface area contributed by atoms with Crippen LogP contribution in [-0.4, -0.2) is 8.07 Å². The van der Waals surface area contributed by atoms with E-state index in [0.717, 1.165) is 22.9 Å². The van der Waals surface area contributed by atoms with Crippen molar-refractivity contribution in [2.24, 2.45) is 11.8 Å². The first-order valence-corrected chi connectivity index (χ1v) is 18.7. The van der Waals surface area contributed by atoms with E-state index >= 15 is 0 Å². The molecule has 35 heavy (non-hydrogen) atoms. The lowest BCUT2D eigenvalue weighted by atomic mass is 9.86. The second-order valence-electron chi connectivity index (χ2n) is 12.4. The van der Waals surface area contributed by atoms with Crippen molar-refractivity contribution in [1.29, 1.82) is 0 Å². The van der Waals surface area contributed by atoms with Gasteiger partial charge >= 0.3 is 0 Å². The van der Waals surface area contributed by atoms with Gasteiger partial charge < -0.3 is 0 Å². The fourth-order valence-corrected chi connectivity index (χ4v) is 17.9. The van der Waals surface area contributed by atoms with Gasteiger partial charge in [-0.1, -0.05) is 71.6 Å². The molecule has 2 aromatic carbocycles. The Morgan fingerprint density at radius 2 is 1.00 bits per heavy atom. The molecule has 0 saturated heterocycles. The van der Waals surface area contributed by atoms with Gasteiger partial charge in [0.25, 0.3) is 0 Å². The highest BCUT2D eigenvalue weighted by molar-refractivity contribution is 9.10. The van der Waals surface area contributed by atoms with Crippen LogP contribution in [0.2, 0.25) is 12.1 Å². The van der Waals surface area contributed by atoms with E-state index in [4.69, 9.17) is 0 Å². The first-order valence-electron chi connectivity index (χ1n) is 14.6. The molecule has 0 saturated carbocycles. The molecule has 0 bridgehead atoms. The Kier molecular flexibility index (Phi) is 6.71. The van der Waals surface area contributed by atoms with Crippen LogP contribution in [0.4, 0.5) is 0 Å². The molecule has 0 aliphatic heterocycles. The Morgan fingerprint density at radius 1 is 0.629 bits per heavy atom. The molecular formula is C32H42Br2Si. The van der Waals surface area contributed by atoms with Gasteiger partial charge in [0.2, 0.25) is 0 Å². The molecule has 0 nitrogen and oxygen atoms in total. The fourth-order valence-electron chi connectivity index (χ4n) is 9.58. The summed E-state index contributed by atoms with van der Waals surface area (Å²) in [7, 11) is -1.68. The van der Waals surface area contributed by atoms with E-state index in [9.17, 15) is 0 Å². The van der Waals surface area contributed by atoms with Crippen LogP contribution in [0.15, 0.2) is 21.1 Å². The molecule has 0 fully saturated rings. The Balaban J connectivity index is 1.52. The van der Waals surface area contributed by atoms with Crippen molar-refractivity contribution in [3.8, 4) is 0 Å². The van der Waals surface area contributed by atoms with Crippen LogP contribution in [0.25, 0.3) is 0 Å². The average Bonchev–Trinajstić information content (AvgIpc) is 3.38. The van der Waals surface area contributed by atoms with Gasteiger partial charge in [0.1, 0.15) is 0 Å². The molecule has 0 spiro atoms. The van der Waals surface area contributed by atoms with Crippen LogP contribution in [-0.2, 0) is 38.5 Å². The number of rotatable bonds is 4. The molecule has 0 radical (unpaired) electrons. The molecule has 0 heterocycles. The maximum Gasteiger partial charge on any atom is 0.0689 e. The first-order chi connectivity index (χ1) is 16.9. The van der Waals surface area contributed by atoms with Crippen LogP contribution in [0.5, 0.6) is 0 Å². The third-order valence-electron chi connectivity index (χ3n) is 10.9. The summed E-state index contributed by atoms with van der Waals surface area (Å²) in [6.45, 7) is 10.4. The third kappa shape index (κ3) is 3.68. The van der Waals surface area contributed by atoms with Crippen molar-refractivity contribution in [1.82, 2.24) is 0 Å². The normalized spacial score (nSPS) is 27.4. The monoisotopic (exact) mass is 612 g/mol. The summed E-state index contributed by atoms with van der Waals surface area (Å²) in [5, 5.41) is 0. The lowest BCUT2D eigenvalue weighted by Crippen LogP contribution is -2.49. The predicted octanol–water partition coefficient (Wildman–Crippen LogP) is 9.79. The highest BCUT2D eigenvalue weighted by atomic mass is 79.9. The van der Waals surface area contributed by atoms with Crippen molar-refractivity contribution >= 4 is 39.9 Å². The average molecular weight is 615 g/mol. The molecular weight excluding hydrogens is 572 g/mol. The van der Waals surface area contributed by atoms with Gasteiger partial charge in [-0.2, -0.15) is 0 Å². The molecule has 3 heteroatoms. The molecule has 4 aliphatic rings. The van der Waals surface area contributed by atoms with E-state index in [2.05, 4.69) is 71.7 Å². The van der Waals surface area contributed by atoms with E-state index in [-0.39, 0.29) is 0 Å². The zero-order valence-electron chi connectivity index (χ0n) is 22.2. The summed E-state index contributed by atoms with van der Waals surface area (Å²) in [6.07, 6.45) is 13.3. The van der Waals surface area contributed by atoms with E-state index in [1.807, 2.05) is 0 Å². The predicted molar refractivity (Wildman–Crippen MR) is 160 cm³/mol. The van der Waals surface area contributed by atoms with Gasteiger partial charge in [-0.3, -0.25) is 0 Å². The lowest BCUT2D eigenvalue weighted by molar-refractivity contribution is 0.533. The number of hydrogen-bond acceptors (Lipinski definition) is 0. The molecule has 6 rings (SSSR count). The molecule has 4 unspecified atom stereocenters. The lowest BCUT2D eigenvalue weighted by Gasteiger charge is -2.46. The second-order valence-corrected chi connectivity index (χ2v) is 19.3. The van der Waals surface area contributed by atoms with E-state index < -0.39 is 8.07 Å². The molecule has 0 N–H and O–H groups in total. The van der Waals surface area contributed by atoms with Crippen LogP contribution >= 0.6 is 31.9 Å². The van der Waals surface area contributed by atoms with Crippen molar-refractivity contribution in [2.75, 3.05) is 0 Å². The number of benzene rings is 2. The minimum absolute atomic E-state index is 0.786. The highest BCUT2D eigenvalue weighted by Crippen LogP contribution is 2.58. The van der Waals surface area contributed by atoms with Gasteiger partial charge in [0, 0.05) is 8.95 Å². The van der Waals surface area contributed by atoms with E-state index in [1.54, 1.807) is 44.5 Å². The van der Waals surface area contributed by atoms with Crippen LogP contribution < -0.4 is 0 Å². The molecule has 2 aromatic rings. The Bertz CT molecular complexity index is 1070. The summed E-state index contributed by atoms with van der Waals surface area (Å²) < 4.78 is 2.86.